The Balaban J connectivity index is 2.51. The fourth-order valence-electron chi connectivity index (χ4n) is 1.53. The molecule has 0 fully saturated rings. The van der Waals surface area contributed by atoms with Gasteiger partial charge in [-0.3, -0.25) is 0 Å². The maximum Gasteiger partial charge on any atom is 0.191 e. The standard InChI is InChI=1S/C14H22BrN3O2/c1-3-16-14(17-8-9-19)18-10-11(2)20-13-7-5-4-6-12(13)15/h4-7,11,19H,3,8-10H2,1-2H3,(H2,16,17,18). The molecule has 0 bridgehead atoms. The van der Waals surface area contributed by atoms with E-state index in [1.54, 1.807) is 0 Å². The Morgan fingerprint density at radius 2 is 2.15 bits per heavy atom. The van der Waals surface area contributed by atoms with Gasteiger partial charge in [-0.1, -0.05) is 12.1 Å². The van der Waals surface area contributed by atoms with Crippen LogP contribution in [0.15, 0.2) is 33.7 Å². The van der Waals surface area contributed by atoms with Crippen molar-refractivity contribution in [3.8, 4) is 5.75 Å². The van der Waals surface area contributed by atoms with Crippen molar-refractivity contribution in [1.82, 2.24) is 10.6 Å². The fraction of sp³-hybridized carbons (Fsp3) is 0.500. The third kappa shape index (κ3) is 6.25. The molecule has 0 saturated carbocycles. The second kappa shape index (κ2) is 9.61. The van der Waals surface area contributed by atoms with Gasteiger partial charge in [-0.05, 0) is 41.9 Å². The Kier molecular flexibility index (Phi) is 8.06. The molecule has 1 rings (SSSR count). The Bertz CT molecular complexity index is 427. The third-order valence-corrected chi connectivity index (χ3v) is 3.07. The number of para-hydroxylation sites is 1. The van der Waals surface area contributed by atoms with E-state index in [1.807, 2.05) is 38.1 Å². The van der Waals surface area contributed by atoms with Gasteiger partial charge in [-0.15, -0.1) is 0 Å². The molecule has 1 aromatic carbocycles. The lowest BCUT2D eigenvalue weighted by Gasteiger charge is -2.15. The summed E-state index contributed by atoms with van der Waals surface area (Å²) in [5, 5.41) is 14.9. The molecule has 112 valence electrons. The van der Waals surface area contributed by atoms with Crippen molar-refractivity contribution in [2.45, 2.75) is 20.0 Å². The van der Waals surface area contributed by atoms with Crippen molar-refractivity contribution in [3.63, 3.8) is 0 Å². The first-order valence-electron chi connectivity index (χ1n) is 6.71. The molecule has 0 saturated heterocycles. The maximum atomic E-state index is 8.81. The van der Waals surface area contributed by atoms with Crippen LogP contribution < -0.4 is 15.4 Å². The number of aliphatic hydroxyl groups excluding tert-OH is 1. The average Bonchev–Trinajstić information content (AvgIpc) is 2.44. The first-order valence-corrected chi connectivity index (χ1v) is 7.51. The summed E-state index contributed by atoms with van der Waals surface area (Å²) in [7, 11) is 0. The first-order chi connectivity index (χ1) is 9.67. The highest BCUT2D eigenvalue weighted by molar-refractivity contribution is 9.10. The topological polar surface area (TPSA) is 65.9 Å². The molecule has 0 aliphatic carbocycles. The number of nitrogens with zero attached hydrogens (tertiary/aromatic N) is 1. The zero-order valence-electron chi connectivity index (χ0n) is 11.9. The van der Waals surface area contributed by atoms with E-state index in [0.717, 1.165) is 16.8 Å². The van der Waals surface area contributed by atoms with Crippen LogP contribution in [0.5, 0.6) is 5.75 Å². The van der Waals surface area contributed by atoms with E-state index in [2.05, 4.69) is 31.6 Å². The molecule has 0 aliphatic heterocycles. The molecular weight excluding hydrogens is 322 g/mol. The van der Waals surface area contributed by atoms with Crippen molar-refractivity contribution < 1.29 is 9.84 Å². The van der Waals surface area contributed by atoms with Gasteiger partial charge in [-0.25, -0.2) is 4.99 Å². The largest absolute Gasteiger partial charge is 0.488 e. The highest BCUT2D eigenvalue weighted by Gasteiger charge is 2.06. The van der Waals surface area contributed by atoms with Gasteiger partial charge in [0.25, 0.3) is 0 Å². The molecule has 6 heteroatoms. The molecule has 3 N–H and O–H groups in total. The van der Waals surface area contributed by atoms with Gasteiger partial charge in [0.2, 0.25) is 0 Å². The van der Waals surface area contributed by atoms with Gasteiger partial charge in [0.15, 0.2) is 5.96 Å². The molecule has 0 aliphatic rings. The van der Waals surface area contributed by atoms with Crippen LogP contribution in [-0.4, -0.2) is 43.4 Å². The molecule has 1 unspecified atom stereocenters. The van der Waals surface area contributed by atoms with Crippen LogP contribution in [0, 0.1) is 0 Å². The van der Waals surface area contributed by atoms with Crippen LogP contribution >= 0.6 is 15.9 Å². The Morgan fingerprint density at radius 1 is 1.40 bits per heavy atom. The number of aliphatic imine (C=N–C) groups is 1. The SMILES string of the molecule is CCNC(=NCC(C)Oc1ccccc1Br)NCCO. The summed E-state index contributed by atoms with van der Waals surface area (Å²) in [5.41, 5.74) is 0. The molecule has 20 heavy (non-hydrogen) atoms. The zero-order valence-corrected chi connectivity index (χ0v) is 13.5. The molecule has 1 atom stereocenters. The molecule has 0 radical (unpaired) electrons. The van der Waals surface area contributed by atoms with E-state index in [0.29, 0.717) is 19.0 Å². The van der Waals surface area contributed by atoms with E-state index < -0.39 is 0 Å². The number of hydrogen-bond donors (Lipinski definition) is 3. The number of ether oxygens (including phenoxy) is 1. The predicted molar refractivity (Wildman–Crippen MR) is 85.3 cm³/mol. The van der Waals surface area contributed by atoms with Gasteiger partial charge in [0, 0.05) is 13.1 Å². The monoisotopic (exact) mass is 343 g/mol. The molecule has 5 nitrogen and oxygen atoms in total. The summed E-state index contributed by atoms with van der Waals surface area (Å²) in [6.45, 7) is 5.83. The molecule has 0 amide bonds. The van der Waals surface area contributed by atoms with Crippen molar-refractivity contribution in [2.75, 3.05) is 26.2 Å². The van der Waals surface area contributed by atoms with Crippen molar-refractivity contribution in [2.24, 2.45) is 4.99 Å². The van der Waals surface area contributed by atoms with E-state index in [1.165, 1.54) is 0 Å². The quantitative estimate of drug-likeness (QED) is 0.521. The van der Waals surface area contributed by atoms with Crippen LogP contribution in [0.2, 0.25) is 0 Å². The number of nitrogens with one attached hydrogen (secondary N) is 2. The van der Waals surface area contributed by atoms with E-state index in [4.69, 9.17) is 9.84 Å². The number of benzene rings is 1. The van der Waals surface area contributed by atoms with Crippen LogP contribution in [0.4, 0.5) is 0 Å². The highest BCUT2D eigenvalue weighted by atomic mass is 79.9. The minimum absolute atomic E-state index is 0.0433. The first kappa shape index (κ1) is 16.8. The summed E-state index contributed by atoms with van der Waals surface area (Å²) >= 11 is 3.45. The van der Waals surface area contributed by atoms with Gasteiger partial charge >= 0.3 is 0 Å². The van der Waals surface area contributed by atoms with Crippen LogP contribution in [0.1, 0.15) is 13.8 Å². The summed E-state index contributed by atoms with van der Waals surface area (Å²) < 4.78 is 6.75. The molecule has 1 aromatic rings. The summed E-state index contributed by atoms with van der Waals surface area (Å²) in [6.07, 6.45) is -0.0433. The summed E-state index contributed by atoms with van der Waals surface area (Å²) in [6, 6.07) is 7.74. The smallest absolute Gasteiger partial charge is 0.191 e. The summed E-state index contributed by atoms with van der Waals surface area (Å²) in [4.78, 5) is 4.42. The number of guanidine groups is 1. The van der Waals surface area contributed by atoms with Gasteiger partial charge in [0.05, 0.1) is 17.6 Å². The van der Waals surface area contributed by atoms with Crippen LogP contribution in [0.3, 0.4) is 0 Å². The number of hydrogen-bond acceptors (Lipinski definition) is 3. The molecular formula is C14H22BrN3O2. The Hall–Kier alpha value is -1.27. The fourth-order valence-corrected chi connectivity index (χ4v) is 1.91. The molecule has 0 spiro atoms. The minimum atomic E-state index is -0.0433. The second-order valence-corrected chi connectivity index (χ2v) is 5.08. The maximum absolute atomic E-state index is 8.81. The van der Waals surface area contributed by atoms with Crippen LogP contribution in [-0.2, 0) is 0 Å². The van der Waals surface area contributed by atoms with Crippen molar-refractivity contribution in [1.29, 1.82) is 0 Å². The van der Waals surface area contributed by atoms with Gasteiger partial charge < -0.3 is 20.5 Å². The van der Waals surface area contributed by atoms with E-state index in [9.17, 15) is 0 Å². The molecule has 0 aromatic heterocycles. The second-order valence-electron chi connectivity index (χ2n) is 4.23. The normalized spacial score (nSPS) is 12.9. The van der Waals surface area contributed by atoms with Crippen molar-refractivity contribution in [3.05, 3.63) is 28.7 Å². The Labute approximate surface area is 128 Å². The predicted octanol–water partition coefficient (Wildman–Crippen LogP) is 1.76. The zero-order chi connectivity index (χ0) is 14.8. The summed E-state index contributed by atoms with van der Waals surface area (Å²) in [5.74, 6) is 1.49. The number of halogens is 1. The number of aliphatic hydroxyl groups is 1. The van der Waals surface area contributed by atoms with Crippen LogP contribution in [0.25, 0.3) is 0 Å². The average molecular weight is 344 g/mol. The minimum Gasteiger partial charge on any atom is -0.488 e. The molecule has 0 heterocycles. The lowest BCUT2D eigenvalue weighted by atomic mass is 10.3. The van der Waals surface area contributed by atoms with Gasteiger partial charge in [-0.2, -0.15) is 0 Å². The van der Waals surface area contributed by atoms with Gasteiger partial charge in [0.1, 0.15) is 11.9 Å². The lowest BCUT2D eigenvalue weighted by Crippen LogP contribution is -2.39. The third-order valence-electron chi connectivity index (χ3n) is 2.42. The Morgan fingerprint density at radius 3 is 2.80 bits per heavy atom. The number of rotatable bonds is 7. The lowest BCUT2D eigenvalue weighted by molar-refractivity contribution is 0.228. The van der Waals surface area contributed by atoms with E-state index in [-0.39, 0.29) is 12.7 Å². The van der Waals surface area contributed by atoms with E-state index >= 15 is 0 Å². The van der Waals surface area contributed by atoms with Crippen molar-refractivity contribution >= 4 is 21.9 Å². The highest BCUT2D eigenvalue weighted by Crippen LogP contribution is 2.24.